The molecule has 1 aromatic heterocycles. The summed E-state index contributed by atoms with van der Waals surface area (Å²) < 4.78 is 10.4. The summed E-state index contributed by atoms with van der Waals surface area (Å²) in [5.41, 5.74) is 2.49. The summed E-state index contributed by atoms with van der Waals surface area (Å²) in [6.45, 7) is 0. The summed E-state index contributed by atoms with van der Waals surface area (Å²) in [6.07, 6.45) is 2.28. The second-order valence-corrected chi connectivity index (χ2v) is 4.16. The minimum Gasteiger partial charge on any atom is -0.384 e. The molecule has 0 bridgehead atoms. The van der Waals surface area contributed by atoms with Gasteiger partial charge >= 0.3 is 0 Å². The average Bonchev–Trinajstić information content (AvgIpc) is 2.49. The molecule has 100 valence electrons. The monoisotopic (exact) mass is 259 g/mol. The van der Waals surface area contributed by atoms with Crippen LogP contribution in [-0.2, 0) is 9.47 Å². The Morgan fingerprint density at radius 2 is 1.58 bits per heavy atom. The molecule has 2 rings (SSSR count). The lowest BCUT2D eigenvalue weighted by atomic mass is 10.0. The van der Waals surface area contributed by atoms with Crippen molar-refractivity contribution in [3.63, 3.8) is 0 Å². The lowest BCUT2D eigenvalue weighted by Gasteiger charge is -2.15. The van der Waals surface area contributed by atoms with E-state index in [1.807, 2.05) is 30.3 Å². The van der Waals surface area contributed by atoms with Gasteiger partial charge in [0.25, 0.3) is 0 Å². The van der Waals surface area contributed by atoms with Gasteiger partial charge < -0.3 is 14.6 Å². The van der Waals surface area contributed by atoms with Crippen molar-refractivity contribution >= 4 is 0 Å². The van der Waals surface area contributed by atoms with E-state index in [0.29, 0.717) is 0 Å². The second kappa shape index (κ2) is 6.43. The number of rotatable bonds is 5. The van der Waals surface area contributed by atoms with Crippen LogP contribution in [0.2, 0.25) is 0 Å². The van der Waals surface area contributed by atoms with E-state index in [1.165, 1.54) is 0 Å². The van der Waals surface area contributed by atoms with Crippen LogP contribution in [0.5, 0.6) is 0 Å². The van der Waals surface area contributed by atoms with E-state index < -0.39 is 6.10 Å². The molecular weight excluding hydrogens is 242 g/mol. The molecule has 1 atom stereocenters. The summed E-state index contributed by atoms with van der Waals surface area (Å²) in [7, 11) is 3.18. The summed E-state index contributed by atoms with van der Waals surface area (Å²) >= 11 is 0. The van der Waals surface area contributed by atoms with Crippen molar-refractivity contribution in [3.8, 4) is 0 Å². The van der Waals surface area contributed by atoms with E-state index >= 15 is 0 Å². The third kappa shape index (κ3) is 3.17. The molecule has 2 aromatic rings. The van der Waals surface area contributed by atoms with Crippen molar-refractivity contribution < 1.29 is 14.6 Å². The molecule has 1 unspecified atom stereocenters. The highest BCUT2D eigenvalue weighted by Gasteiger charge is 2.12. The zero-order chi connectivity index (χ0) is 13.7. The molecule has 1 N–H and O–H groups in total. The van der Waals surface area contributed by atoms with Gasteiger partial charge in [-0.2, -0.15) is 0 Å². The molecule has 0 spiro atoms. The van der Waals surface area contributed by atoms with Crippen LogP contribution in [0, 0.1) is 0 Å². The lowest BCUT2D eigenvalue weighted by Crippen LogP contribution is -2.05. The van der Waals surface area contributed by atoms with Gasteiger partial charge in [0.1, 0.15) is 6.10 Å². The van der Waals surface area contributed by atoms with Gasteiger partial charge in [0.2, 0.25) is 0 Å². The summed E-state index contributed by atoms with van der Waals surface area (Å²) in [6, 6.07) is 11.1. The van der Waals surface area contributed by atoms with Gasteiger partial charge in [0, 0.05) is 37.7 Å². The molecule has 4 heteroatoms. The number of aliphatic hydroxyl groups excluding tert-OH is 1. The van der Waals surface area contributed by atoms with E-state index in [4.69, 9.17) is 9.47 Å². The van der Waals surface area contributed by atoms with Crippen LogP contribution < -0.4 is 0 Å². The number of methoxy groups -OCH3 is 2. The molecule has 0 saturated carbocycles. The highest BCUT2D eigenvalue weighted by Crippen LogP contribution is 2.24. The zero-order valence-corrected chi connectivity index (χ0v) is 11.0. The number of pyridine rings is 1. The van der Waals surface area contributed by atoms with Crippen LogP contribution in [-0.4, -0.2) is 24.3 Å². The maximum absolute atomic E-state index is 10.2. The molecule has 19 heavy (non-hydrogen) atoms. The first-order valence-corrected chi connectivity index (χ1v) is 5.99. The van der Waals surface area contributed by atoms with Gasteiger partial charge in [-0.15, -0.1) is 0 Å². The van der Waals surface area contributed by atoms with Gasteiger partial charge in [-0.25, -0.2) is 0 Å². The fourth-order valence-corrected chi connectivity index (χ4v) is 1.93. The maximum Gasteiger partial charge on any atom is 0.183 e. The van der Waals surface area contributed by atoms with Crippen molar-refractivity contribution in [2.45, 2.75) is 12.4 Å². The Morgan fingerprint density at radius 1 is 0.947 bits per heavy atom. The predicted molar refractivity (Wildman–Crippen MR) is 71.5 cm³/mol. The van der Waals surface area contributed by atoms with Crippen molar-refractivity contribution in [3.05, 3.63) is 65.5 Å². The highest BCUT2D eigenvalue weighted by atomic mass is 16.7. The van der Waals surface area contributed by atoms with Gasteiger partial charge in [-0.1, -0.05) is 30.3 Å². The largest absolute Gasteiger partial charge is 0.384 e. The average molecular weight is 259 g/mol. The molecular formula is C15H17NO3. The van der Waals surface area contributed by atoms with Gasteiger partial charge in [-0.3, -0.25) is 4.98 Å². The van der Waals surface area contributed by atoms with Crippen LogP contribution in [0.3, 0.4) is 0 Å². The first-order chi connectivity index (χ1) is 9.26. The van der Waals surface area contributed by atoms with Crippen molar-refractivity contribution in [2.24, 2.45) is 0 Å². The van der Waals surface area contributed by atoms with Gasteiger partial charge in [0.05, 0.1) is 0 Å². The molecule has 0 fully saturated rings. The Hall–Kier alpha value is -1.75. The van der Waals surface area contributed by atoms with Crippen molar-refractivity contribution in [1.29, 1.82) is 0 Å². The molecule has 0 aliphatic heterocycles. The standard InChI is InChI=1S/C15H17NO3/c1-18-15(19-2)12-7-5-11(6-8-12)14(17)13-4-3-9-16-10-13/h3-10,14-15,17H,1-2H3. The number of hydrogen-bond donors (Lipinski definition) is 1. The molecule has 0 saturated heterocycles. The number of hydrogen-bond acceptors (Lipinski definition) is 4. The fourth-order valence-electron chi connectivity index (χ4n) is 1.93. The first-order valence-electron chi connectivity index (χ1n) is 5.99. The molecule has 0 aliphatic rings. The van der Waals surface area contributed by atoms with Gasteiger partial charge in [0.15, 0.2) is 6.29 Å². The molecule has 0 amide bonds. The number of aliphatic hydroxyl groups is 1. The van der Waals surface area contributed by atoms with Crippen molar-refractivity contribution in [1.82, 2.24) is 4.98 Å². The molecule has 1 heterocycles. The van der Waals surface area contributed by atoms with E-state index in [0.717, 1.165) is 16.7 Å². The third-order valence-electron chi connectivity index (χ3n) is 2.95. The van der Waals surface area contributed by atoms with Crippen LogP contribution in [0.15, 0.2) is 48.8 Å². The second-order valence-electron chi connectivity index (χ2n) is 4.16. The van der Waals surface area contributed by atoms with E-state index in [9.17, 15) is 5.11 Å². The predicted octanol–water partition coefficient (Wildman–Crippen LogP) is 2.45. The van der Waals surface area contributed by atoms with E-state index in [-0.39, 0.29) is 6.29 Å². The maximum atomic E-state index is 10.2. The summed E-state index contributed by atoms with van der Waals surface area (Å²) in [5.74, 6) is 0. The Labute approximate surface area is 112 Å². The highest BCUT2D eigenvalue weighted by molar-refractivity contribution is 5.30. The SMILES string of the molecule is COC(OC)c1ccc(C(O)c2cccnc2)cc1. The third-order valence-corrected chi connectivity index (χ3v) is 2.95. The van der Waals surface area contributed by atoms with Crippen LogP contribution >= 0.6 is 0 Å². The molecule has 4 nitrogen and oxygen atoms in total. The van der Waals surface area contributed by atoms with Crippen LogP contribution in [0.25, 0.3) is 0 Å². The number of nitrogens with zero attached hydrogens (tertiary/aromatic N) is 1. The molecule has 0 aliphatic carbocycles. The number of ether oxygens (including phenoxy) is 2. The smallest absolute Gasteiger partial charge is 0.183 e. The normalized spacial score (nSPS) is 12.6. The minimum atomic E-state index is -0.675. The number of benzene rings is 1. The zero-order valence-electron chi connectivity index (χ0n) is 11.0. The van der Waals surface area contributed by atoms with E-state index in [2.05, 4.69) is 4.98 Å². The Bertz CT molecular complexity index is 495. The summed E-state index contributed by atoms with van der Waals surface area (Å²) in [5, 5.41) is 10.2. The van der Waals surface area contributed by atoms with Crippen LogP contribution in [0.1, 0.15) is 29.1 Å². The van der Waals surface area contributed by atoms with Gasteiger partial charge in [-0.05, 0) is 11.6 Å². The van der Waals surface area contributed by atoms with E-state index in [1.54, 1.807) is 32.7 Å². The molecule has 1 aromatic carbocycles. The quantitative estimate of drug-likeness (QED) is 0.838. The Balaban J connectivity index is 2.19. The minimum absolute atomic E-state index is 0.385. The topological polar surface area (TPSA) is 51.6 Å². The van der Waals surface area contributed by atoms with Crippen molar-refractivity contribution in [2.75, 3.05) is 14.2 Å². The fraction of sp³-hybridized carbons (Fsp3) is 0.267. The summed E-state index contributed by atoms with van der Waals surface area (Å²) in [4.78, 5) is 4.00. The molecule has 0 radical (unpaired) electrons. The lowest BCUT2D eigenvalue weighted by molar-refractivity contribution is -0.106. The number of aromatic nitrogens is 1. The first kappa shape index (κ1) is 13.7. The Morgan fingerprint density at radius 3 is 2.11 bits per heavy atom. The van der Waals surface area contributed by atoms with Crippen LogP contribution in [0.4, 0.5) is 0 Å². The Kier molecular flexibility index (Phi) is 4.63.